The second-order valence-corrected chi connectivity index (χ2v) is 6.83. The summed E-state index contributed by atoms with van der Waals surface area (Å²) in [5.74, 6) is 0.445. The van der Waals surface area contributed by atoms with Crippen LogP contribution in [-0.4, -0.2) is 31.2 Å². The molecule has 0 aliphatic heterocycles. The monoisotopic (exact) mass is 429 g/mol. The number of unbranched alkanes of at least 4 members (excludes halogenated alkanes) is 1. The van der Waals surface area contributed by atoms with Crippen LogP contribution in [0.4, 0.5) is 17.2 Å². The molecule has 3 rings (SSSR count). The van der Waals surface area contributed by atoms with E-state index >= 15 is 0 Å². The number of hydrogen-bond acceptors (Lipinski definition) is 9. The number of aromatic amines is 1. The van der Waals surface area contributed by atoms with E-state index in [2.05, 4.69) is 15.1 Å². The molecule has 0 spiro atoms. The van der Waals surface area contributed by atoms with E-state index in [1.54, 1.807) is 11.0 Å². The number of anilines is 2. The highest BCUT2D eigenvalue weighted by Crippen LogP contribution is 2.23. The molecule has 0 amide bonds. The summed E-state index contributed by atoms with van der Waals surface area (Å²) in [4.78, 5) is 43.3. The van der Waals surface area contributed by atoms with Crippen LogP contribution in [-0.2, 0) is 13.1 Å². The lowest BCUT2D eigenvalue weighted by atomic mass is 10.2. The predicted molar refractivity (Wildman–Crippen MR) is 114 cm³/mol. The molecule has 12 nitrogen and oxygen atoms in total. The molecule has 0 saturated heterocycles. The summed E-state index contributed by atoms with van der Waals surface area (Å²) in [6, 6.07) is 5.87. The van der Waals surface area contributed by atoms with Crippen LogP contribution in [0.15, 0.2) is 38.4 Å². The van der Waals surface area contributed by atoms with Gasteiger partial charge in [-0.15, -0.1) is 0 Å². The van der Waals surface area contributed by atoms with Crippen LogP contribution < -0.4 is 21.9 Å². The number of nitrogens with zero attached hydrogens (tertiary/aromatic N) is 5. The van der Waals surface area contributed by atoms with Crippen molar-refractivity contribution in [2.75, 3.05) is 17.2 Å². The summed E-state index contributed by atoms with van der Waals surface area (Å²) in [5, 5.41) is 14.9. The molecule has 12 heteroatoms. The number of hydrogen-bond donors (Lipinski definition) is 2. The normalized spacial score (nSPS) is 10.9. The number of benzene rings is 1. The largest absolute Gasteiger partial charge is 0.383 e. The van der Waals surface area contributed by atoms with Crippen LogP contribution in [0.25, 0.3) is 11.4 Å². The van der Waals surface area contributed by atoms with Gasteiger partial charge < -0.3 is 15.2 Å². The maximum atomic E-state index is 12.5. The van der Waals surface area contributed by atoms with Gasteiger partial charge in [-0.05, 0) is 13.3 Å². The lowest BCUT2D eigenvalue weighted by molar-refractivity contribution is -0.384. The first-order chi connectivity index (χ1) is 14.8. The van der Waals surface area contributed by atoms with Crippen molar-refractivity contribution in [1.29, 1.82) is 0 Å². The molecule has 3 aromatic rings. The SMILES string of the molecule is CCCCn1c(N)c(N(CC)Cc2nc(-c3cccc([N+](=O)[O-])c3)no2)c(=O)[nH]c1=O. The molecule has 2 aromatic heterocycles. The topological polar surface area (TPSA) is 166 Å². The third kappa shape index (κ3) is 4.63. The van der Waals surface area contributed by atoms with Crippen LogP contribution in [0.2, 0.25) is 0 Å². The molecule has 1 aromatic carbocycles. The first-order valence-corrected chi connectivity index (χ1v) is 9.80. The van der Waals surface area contributed by atoms with Crippen molar-refractivity contribution >= 4 is 17.2 Å². The van der Waals surface area contributed by atoms with Crippen LogP contribution in [0, 0.1) is 10.1 Å². The molecule has 3 N–H and O–H groups in total. The third-order valence-electron chi connectivity index (χ3n) is 4.76. The van der Waals surface area contributed by atoms with Gasteiger partial charge in [0.25, 0.3) is 11.2 Å². The van der Waals surface area contributed by atoms with Gasteiger partial charge in [0.1, 0.15) is 11.5 Å². The maximum absolute atomic E-state index is 12.5. The lowest BCUT2D eigenvalue weighted by Crippen LogP contribution is -2.38. The molecule has 0 bridgehead atoms. The summed E-state index contributed by atoms with van der Waals surface area (Å²) in [7, 11) is 0. The Bertz CT molecular complexity index is 1200. The standard InChI is InChI=1S/C19H23N7O5/c1-3-5-9-25-16(20)15(18(27)22-19(25)28)24(4-2)11-14-21-17(23-31-14)12-7-6-8-13(10-12)26(29)30/h6-8,10H,3-5,9,11,20H2,1-2H3,(H,22,27,28). The molecule has 164 valence electrons. The van der Waals surface area contributed by atoms with Gasteiger partial charge in [-0.1, -0.05) is 30.6 Å². The summed E-state index contributed by atoms with van der Waals surface area (Å²) in [6.45, 7) is 4.64. The quantitative estimate of drug-likeness (QED) is 0.381. The van der Waals surface area contributed by atoms with Crippen molar-refractivity contribution in [2.24, 2.45) is 0 Å². The van der Waals surface area contributed by atoms with Gasteiger partial charge in [-0.3, -0.25) is 24.5 Å². The molecule has 0 fully saturated rings. The minimum absolute atomic E-state index is 0.0672. The van der Waals surface area contributed by atoms with Gasteiger partial charge in [0, 0.05) is 30.8 Å². The van der Waals surface area contributed by atoms with Gasteiger partial charge in [0.2, 0.25) is 11.7 Å². The zero-order valence-corrected chi connectivity index (χ0v) is 17.2. The molecule has 31 heavy (non-hydrogen) atoms. The number of nitro benzene ring substituents is 1. The molecule has 0 unspecified atom stereocenters. The number of nitrogen functional groups attached to an aromatic ring is 1. The van der Waals surface area contributed by atoms with E-state index in [0.717, 1.165) is 12.8 Å². The fourth-order valence-corrected chi connectivity index (χ4v) is 3.13. The molecular weight excluding hydrogens is 406 g/mol. The highest BCUT2D eigenvalue weighted by Gasteiger charge is 2.21. The van der Waals surface area contributed by atoms with Gasteiger partial charge >= 0.3 is 5.69 Å². The van der Waals surface area contributed by atoms with E-state index in [4.69, 9.17) is 10.3 Å². The van der Waals surface area contributed by atoms with Gasteiger partial charge in [0.15, 0.2) is 0 Å². The van der Waals surface area contributed by atoms with E-state index in [0.29, 0.717) is 18.7 Å². The number of H-pyrrole nitrogens is 1. The fourth-order valence-electron chi connectivity index (χ4n) is 3.13. The highest BCUT2D eigenvalue weighted by molar-refractivity contribution is 5.62. The number of non-ortho nitro benzene ring substituents is 1. The lowest BCUT2D eigenvalue weighted by Gasteiger charge is -2.23. The van der Waals surface area contributed by atoms with Crippen LogP contribution in [0.1, 0.15) is 32.6 Å². The molecule has 0 aliphatic rings. The number of nitro groups is 1. The fraction of sp³-hybridized carbons (Fsp3) is 0.368. The number of rotatable bonds is 9. The van der Waals surface area contributed by atoms with Crippen molar-refractivity contribution in [3.05, 3.63) is 61.1 Å². The minimum atomic E-state index is -0.601. The minimum Gasteiger partial charge on any atom is -0.383 e. The molecule has 0 saturated carbocycles. The van der Waals surface area contributed by atoms with Gasteiger partial charge in [0.05, 0.1) is 11.5 Å². The van der Waals surface area contributed by atoms with E-state index in [9.17, 15) is 19.7 Å². The van der Waals surface area contributed by atoms with Crippen LogP contribution in [0.5, 0.6) is 0 Å². The molecule has 0 aliphatic carbocycles. The average molecular weight is 429 g/mol. The number of nitrogens with one attached hydrogen (secondary N) is 1. The number of aromatic nitrogens is 4. The smallest absolute Gasteiger partial charge is 0.330 e. The van der Waals surface area contributed by atoms with Crippen molar-refractivity contribution in [3.8, 4) is 11.4 Å². The Balaban J connectivity index is 1.91. The van der Waals surface area contributed by atoms with Gasteiger partial charge in [-0.25, -0.2) is 4.79 Å². The zero-order chi connectivity index (χ0) is 22.5. The van der Waals surface area contributed by atoms with E-state index in [-0.39, 0.29) is 35.5 Å². The van der Waals surface area contributed by atoms with Gasteiger partial charge in [-0.2, -0.15) is 4.98 Å². The second-order valence-electron chi connectivity index (χ2n) is 6.83. The van der Waals surface area contributed by atoms with Crippen molar-refractivity contribution in [3.63, 3.8) is 0 Å². The Hall–Kier alpha value is -3.96. The Kier molecular flexibility index (Phi) is 6.48. The molecule has 2 heterocycles. The summed E-state index contributed by atoms with van der Waals surface area (Å²) in [5.41, 5.74) is 5.50. The third-order valence-corrected chi connectivity index (χ3v) is 4.76. The first kappa shape index (κ1) is 21.7. The zero-order valence-electron chi connectivity index (χ0n) is 17.2. The first-order valence-electron chi connectivity index (χ1n) is 9.80. The Morgan fingerprint density at radius 1 is 1.32 bits per heavy atom. The van der Waals surface area contributed by atoms with Crippen molar-refractivity contribution in [1.82, 2.24) is 19.7 Å². The van der Waals surface area contributed by atoms with Crippen LogP contribution in [0.3, 0.4) is 0 Å². The molecular formula is C19H23N7O5. The number of nitrogens with two attached hydrogens (primary N) is 1. The van der Waals surface area contributed by atoms with E-state index in [1.807, 2.05) is 13.8 Å². The van der Waals surface area contributed by atoms with Crippen molar-refractivity contribution < 1.29 is 9.45 Å². The van der Waals surface area contributed by atoms with E-state index < -0.39 is 16.2 Å². The maximum Gasteiger partial charge on any atom is 0.330 e. The van der Waals surface area contributed by atoms with Crippen molar-refractivity contribution in [2.45, 2.75) is 39.8 Å². The summed E-state index contributed by atoms with van der Waals surface area (Å²) >= 11 is 0. The van der Waals surface area contributed by atoms with E-state index in [1.165, 1.54) is 22.8 Å². The Morgan fingerprint density at radius 3 is 2.77 bits per heavy atom. The second kappa shape index (κ2) is 9.24. The van der Waals surface area contributed by atoms with Crippen LogP contribution >= 0.6 is 0 Å². The summed E-state index contributed by atoms with van der Waals surface area (Å²) < 4.78 is 6.62. The Morgan fingerprint density at radius 2 is 2.10 bits per heavy atom. The Labute approximate surface area is 176 Å². The average Bonchev–Trinajstić information content (AvgIpc) is 3.21. The molecule has 0 atom stereocenters. The highest BCUT2D eigenvalue weighted by atomic mass is 16.6. The summed E-state index contributed by atoms with van der Waals surface area (Å²) in [6.07, 6.45) is 1.60. The molecule has 0 radical (unpaired) electrons. The predicted octanol–water partition coefficient (Wildman–Crippen LogP) is 1.90.